The topological polar surface area (TPSA) is 87.9 Å². The van der Waals surface area contributed by atoms with Gasteiger partial charge in [-0.2, -0.15) is 0 Å². The number of carbonyl (C=O) groups is 1. The Morgan fingerprint density at radius 1 is 1.20 bits per heavy atom. The van der Waals surface area contributed by atoms with Crippen molar-refractivity contribution in [2.45, 2.75) is 20.0 Å². The van der Waals surface area contributed by atoms with Gasteiger partial charge in [0.1, 0.15) is 6.10 Å². The summed E-state index contributed by atoms with van der Waals surface area (Å²) in [6, 6.07) is 10.7. The maximum Gasteiger partial charge on any atom is 0.338 e. The third kappa shape index (κ3) is 4.47. The molecule has 0 aliphatic heterocycles. The van der Waals surface area contributed by atoms with Crippen LogP contribution >= 0.6 is 0 Å². The summed E-state index contributed by atoms with van der Waals surface area (Å²) in [6.45, 7) is 3.91. The number of hydrogen-bond acceptors (Lipinski definition) is 6. The lowest BCUT2D eigenvalue weighted by molar-refractivity contribution is -0.385. The maximum absolute atomic E-state index is 12.4. The summed E-state index contributed by atoms with van der Waals surface area (Å²) in [4.78, 5) is 22.7. The van der Waals surface area contributed by atoms with Crippen molar-refractivity contribution in [2.75, 3.05) is 13.7 Å². The minimum atomic E-state index is -0.634. The first-order chi connectivity index (χ1) is 12.0. The molecule has 0 saturated carbocycles. The van der Waals surface area contributed by atoms with Gasteiger partial charge in [0.05, 0.1) is 24.2 Å². The molecule has 0 fully saturated rings. The lowest BCUT2D eigenvalue weighted by Gasteiger charge is -2.15. The molecule has 0 aliphatic carbocycles. The van der Waals surface area contributed by atoms with Gasteiger partial charge >= 0.3 is 5.97 Å². The van der Waals surface area contributed by atoms with Crippen LogP contribution in [0.15, 0.2) is 42.5 Å². The molecule has 7 heteroatoms. The fourth-order valence-electron chi connectivity index (χ4n) is 2.26. The monoisotopic (exact) mass is 345 g/mol. The minimum Gasteiger partial charge on any atom is -0.493 e. The van der Waals surface area contributed by atoms with Gasteiger partial charge in [-0.25, -0.2) is 4.79 Å². The highest BCUT2D eigenvalue weighted by molar-refractivity contribution is 5.90. The lowest BCUT2D eigenvalue weighted by atomic mass is 10.1. The molecule has 7 nitrogen and oxygen atoms in total. The van der Waals surface area contributed by atoms with E-state index in [1.807, 2.05) is 6.92 Å². The summed E-state index contributed by atoms with van der Waals surface area (Å²) in [5, 5.41) is 10.9. The molecule has 0 bridgehead atoms. The zero-order chi connectivity index (χ0) is 18.4. The highest BCUT2D eigenvalue weighted by atomic mass is 16.6. The highest BCUT2D eigenvalue weighted by Gasteiger charge is 2.18. The van der Waals surface area contributed by atoms with E-state index in [9.17, 15) is 14.9 Å². The predicted molar refractivity (Wildman–Crippen MR) is 91.1 cm³/mol. The minimum absolute atomic E-state index is 0.0523. The summed E-state index contributed by atoms with van der Waals surface area (Å²) < 4.78 is 16.0. The first-order valence-corrected chi connectivity index (χ1v) is 7.72. The Balaban J connectivity index is 2.17. The third-order valence-electron chi connectivity index (χ3n) is 3.53. The maximum atomic E-state index is 12.4. The average molecular weight is 345 g/mol. The van der Waals surface area contributed by atoms with Crippen molar-refractivity contribution in [3.05, 3.63) is 63.7 Å². The van der Waals surface area contributed by atoms with Gasteiger partial charge in [-0.3, -0.25) is 10.1 Å². The van der Waals surface area contributed by atoms with Crippen LogP contribution in [0.4, 0.5) is 5.69 Å². The molecule has 25 heavy (non-hydrogen) atoms. The van der Waals surface area contributed by atoms with Crippen molar-refractivity contribution in [2.24, 2.45) is 0 Å². The summed E-state index contributed by atoms with van der Waals surface area (Å²) in [6.07, 6.45) is -0.634. The van der Waals surface area contributed by atoms with Crippen LogP contribution in [0.3, 0.4) is 0 Å². The van der Waals surface area contributed by atoms with Crippen molar-refractivity contribution < 1.29 is 23.9 Å². The number of benzene rings is 2. The van der Waals surface area contributed by atoms with Crippen LogP contribution in [-0.2, 0) is 4.74 Å². The molecule has 0 heterocycles. The first-order valence-electron chi connectivity index (χ1n) is 7.72. The van der Waals surface area contributed by atoms with E-state index < -0.39 is 17.0 Å². The van der Waals surface area contributed by atoms with E-state index in [0.29, 0.717) is 29.2 Å². The predicted octanol–water partition coefficient (Wildman–Crippen LogP) is 3.92. The lowest BCUT2D eigenvalue weighted by Crippen LogP contribution is -2.10. The molecule has 0 aliphatic rings. The Hall–Kier alpha value is -3.09. The number of nitro benzene ring substituents is 1. The van der Waals surface area contributed by atoms with Crippen molar-refractivity contribution in [1.82, 2.24) is 0 Å². The molecule has 0 saturated heterocycles. The smallest absolute Gasteiger partial charge is 0.338 e. The van der Waals surface area contributed by atoms with Crippen molar-refractivity contribution >= 4 is 11.7 Å². The Morgan fingerprint density at radius 3 is 2.60 bits per heavy atom. The van der Waals surface area contributed by atoms with Gasteiger partial charge in [0.15, 0.2) is 11.5 Å². The number of nitrogens with zero attached hydrogens (tertiary/aromatic N) is 1. The van der Waals surface area contributed by atoms with Gasteiger partial charge < -0.3 is 14.2 Å². The molecule has 0 aromatic heterocycles. The van der Waals surface area contributed by atoms with E-state index in [1.54, 1.807) is 37.3 Å². The molecule has 0 N–H and O–H groups in total. The zero-order valence-corrected chi connectivity index (χ0v) is 14.2. The van der Waals surface area contributed by atoms with E-state index in [0.717, 1.165) is 0 Å². The van der Waals surface area contributed by atoms with Gasteiger partial charge in [0.2, 0.25) is 0 Å². The summed E-state index contributed by atoms with van der Waals surface area (Å²) in [7, 11) is 1.51. The van der Waals surface area contributed by atoms with Crippen LogP contribution < -0.4 is 9.47 Å². The largest absolute Gasteiger partial charge is 0.493 e. The second-order valence-electron chi connectivity index (χ2n) is 5.20. The van der Waals surface area contributed by atoms with Crippen LogP contribution in [0.25, 0.3) is 0 Å². The van der Waals surface area contributed by atoms with Crippen LogP contribution in [0, 0.1) is 10.1 Å². The molecular weight excluding hydrogens is 326 g/mol. The van der Waals surface area contributed by atoms with E-state index in [4.69, 9.17) is 14.2 Å². The Labute approximate surface area is 145 Å². The normalized spacial score (nSPS) is 11.5. The number of carbonyl (C=O) groups excluding carboxylic acids is 1. The number of non-ortho nitro benzene ring substituents is 1. The molecular formula is C18H19NO6. The number of rotatable bonds is 7. The Kier molecular flexibility index (Phi) is 5.94. The second-order valence-corrected chi connectivity index (χ2v) is 5.20. The van der Waals surface area contributed by atoms with Crippen LogP contribution in [0.2, 0.25) is 0 Å². The van der Waals surface area contributed by atoms with Gasteiger partial charge in [-0.15, -0.1) is 0 Å². The van der Waals surface area contributed by atoms with E-state index >= 15 is 0 Å². The van der Waals surface area contributed by atoms with Crippen molar-refractivity contribution in [3.63, 3.8) is 0 Å². The number of hydrogen-bond donors (Lipinski definition) is 0. The molecule has 132 valence electrons. The third-order valence-corrected chi connectivity index (χ3v) is 3.53. The zero-order valence-electron chi connectivity index (χ0n) is 14.2. The van der Waals surface area contributed by atoms with Crippen molar-refractivity contribution in [3.8, 4) is 11.5 Å². The second kappa shape index (κ2) is 8.14. The van der Waals surface area contributed by atoms with Gasteiger partial charge in [-0.1, -0.05) is 12.1 Å². The Bertz CT molecular complexity index is 774. The molecule has 2 aromatic rings. The Morgan fingerprint density at radius 2 is 1.96 bits per heavy atom. The van der Waals surface area contributed by atoms with Crippen molar-refractivity contribution in [1.29, 1.82) is 0 Å². The molecule has 1 atom stereocenters. The molecule has 0 unspecified atom stereocenters. The summed E-state index contributed by atoms with van der Waals surface area (Å²) in [5.41, 5.74) is 0.797. The fourth-order valence-corrected chi connectivity index (χ4v) is 2.26. The van der Waals surface area contributed by atoms with E-state index in [2.05, 4.69) is 0 Å². The number of esters is 1. The van der Waals surface area contributed by atoms with Gasteiger partial charge in [-0.05, 0) is 37.6 Å². The average Bonchev–Trinajstić information content (AvgIpc) is 2.61. The number of ether oxygens (including phenoxy) is 3. The molecule has 2 rings (SSSR count). The van der Waals surface area contributed by atoms with Crippen LogP contribution in [-0.4, -0.2) is 24.6 Å². The highest BCUT2D eigenvalue weighted by Crippen LogP contribution is 2.29. The van der Waals surface area contributed by atoms with Crippen LogP contribution in [0.5, 0.6) is 11.5 Å². The summed E-state index contributed by atoms with van der Waals surface area (Å²) in [5.74, 6) is 0.412. The molecule has 2 aromatic carbocycles. The van der Waals surface area contributed by atoms with E-state index in [1.165, 1.54) is 19.2 Å². The van der Waals surface area contributed by atoms with E-state index in [-0.39, 0.29) is 5.69 Å². The first kappa shape index (κ1) is 18.3. The van der Waals surface area contributed by atoms with Crippen LogP contribution in [0.1, 0.15) is 35.9 Å². The van der Waals surface area contributed by atoms with Gasteiger partial charge in [0, 0.05) is 12.1 Å². The van der Waals surface area contributed by atoms with Gasteiger partial charge in [0.25, 0.3) is 5.69 Å². The number of methoxy groups -OCH3 is 1. The molecule has 0 radical (unpaired) electrons. The fraction of sp³-hybridized carbons (Fsp3) is 0.278. The number of nitro groups is 1. The standard InChI is InChI=1S/C18H19NO6/c1-4-24-17-11-14(8-9-16(17)23-3)18(20)25-12(2)13-6-5-7-15(10-13)19(21)22/h5-12H,4H2,1-3H3/t12-/m0/s1. The SMILES string of the molecule is CCOc1cc(C(=O)O[C@@H](C)c2cccc([N+](=O)[O-])c2)ccc1OC. The molecule has 0 amide bonds. The quantitative estimate of drug-likeness (QED) is 0.429. The molecule has 0 spiro atoms. The summed E-state index contributed by atoms with van der Waals surface area (Å²) >= 11 is 0.